The number of carboxylic acid groups (broad SMARTS) is 1. The Hall–Kier alpha value is -1.74. The van der Waals surface area contributed by atoms with E-state index in [4.69, 9.17) is 5.11 Å². The van der Waals surface area contributed by atoms with Gasteiger partial charge < -0.3 is 5.11 Å². The van der Waals surface area contributed by atoms with Crippen LogP contribution in [0.15, 0.2) is 39.8 Å². The molecule has 0 aliphatic heterocycles. The van der Waals surface area contributed by atoms with Crippen molar-refractivity contribution in [2.45, 2.75) is 11.4 Å². The fraction of sp³-hybridized carbons (Fsp3) is 0.182. The third kappa shape index (κ3) is 3.23. The van der Waals surface area contributed by atoms with E-state index in [0.717, 1.165) is 0 Å². The number of carbonyl (C=O) groups is 1. The second-order valence-corrected chi connectivity index (χ2v) is 6.85. The molecule has 0 saturated heterocycles. The highest BCUT2D eigenvalue weighted by molar-refractivity contribution is 9.10. The summed E-state index contributed by atoms with van der Waals surface area (Å²) in [4.78, 5) is 10.8. The third-order valence-electron chi connectivity index (χ3n) is 2.52. The number of carboxylic acids is 1. The van der Waals surface area contributed by atoms with E-state index in [1.165, 1.54) is 16.9 Å². The van der Waals surface area contributed by atoms with Crippen LogP contribution in [0.3, 0.4) is 0 Å². The van der Waals surface area contributed by atoms with E-state index in [1.54, 1.807) is 18.2 Å². The zero-order valence-electron chi connectivity index (χ0n) is 10.1. The fourth-order valence-electron chi connectivity index (χ4n) is 1.53. The maximum absolute atomic E-state index is 12.2. The fourth-order valence-corrected chi connectivity index (χ4v) is 3.85. The average molecular weight is 360 g/mol. The molecular formula is C11H10BrN3O4S. The largest absolute Gasteiger partial charge is 0.476 e. The van der Waals surface area contributed by atoms with Crippen LogP contribution < -0.4 is 0 Å². The summed E-state index contributed by atoms with van der Waals surface area (Å²) >= 11 is 3.19. The molecule has 1 aromatic heterocycles. The maximum Gasteiger partial charge on any atom is 0.358 e. The number of aryl methyl sites for hydroxylation is 1. The summed E-state index contributed by atoms with van der Waals surface area (Å²) in [7, 11) is -3.48. The van der Waals surface area contributed by atoms with Crippen LogP contribution in [0.25, 0.3) is 0 Å². The van der Waals surface area contributed by atoms with Gasteiger partial charge in [0.15, 0.2) is 15.5 Å². The number of halogens is 1. The van der Waals surface area contributed by atoms with Crippen LogP contribution in [0.2, 0.25) is 0 Å². The lowest BCUT2D eigenvalue weighted by atomic mass is 10.4. The molecule has 0 saturated carbocycles. The van der Waals surface area contributed by atoms with Crippen molar-refractivity contribution in [1.29, 1.82) is 0 Å². The third-order valence-corrected chi connectivity index (χ3v) is 5.22. The first-order chi connectivity index (χ1) is 9.40. The van der Waals surface area contributed by atoms with Crippen molar-refractivity contribution in [3.63, 3.8) is 0 Å². The minimum absolute atomic E-state index is 0.0317. The molecule has 2 rings (SSSR count). The Morgan fingerprint density at radius 3 is 2.65 bits per heavy atom. The zero-order valence-corrected chi connectivity index (χ0v) is 12.5. The van der Waals surface area contributed by atoms with Crippen molar-refractivity contribution in [2.75, 3.05) is 5.75 Å². The first kappa shape index (κ1) is 14.7. The maximum atomic E-state index is 12.2. The Kier molecular flexibility index (Phi) is 4.19. The van der Waals surface area contributed by atoms with Gasteiger partial charge in [-0.25, -0.2) is 13.2 Å². The van der Waals surface area contributed by atoms with E-state index >= 15 is 0 Å². The van der Waals surface area contributed by atoms with Crippen LogP contribution in [0.1, 0.15) is 10.5 Å². The Morgan fingerprint density at radius 2 is 2.05 bits per heavy atom. The monoisotopic (exact) mass is 359 g/mol. The lowest BCUT2D eigenvalue weighted by Crippen LogP contribution is -2.14. The number of rotatable bonds is 5. The quantitative estimate of drug-likeness (QED) is 0.860. The Balaban J connectivity index is 2.13. The molecule has 0 radical (unpaired) electrons. The van der Waals surface area contributed by atoms with Gasteiger partial charge in [0, 0.05) is 4.47 Å². The number of sulfone groups is 1. The summed E-state index contributed by atoms with van der Waals surface area (Å²) in [5.74, 6) is -1.40. The lowest BCUT2D eigenvalue weighted by Gasteiger charge is -2.06. The second kappa shape index (κ2) is 5.71. The van der Waals surface area contributed by atoms with Crippen LogP contribution >= 0.6 is 15.9 Å². The molecule has 0 bridgehead atoms. The van der Waals surface area contributed by atoms with Gasteiger partial charge in [0.25, 0.3) is 0 Å². The topological polar surface area (TPSA) is 102 Å². The second-order valence-electron chi connectivity index (χ2n) is 3.92. The summed E-state index contributed by atoms with van der Waals surface area (Å²) in [6.45, 7) is 0.0317. The molecule has 0 amide bonds. The number of hydrogen-bond donors (Lipinski definition) is 1. The van der Waals surface area contributed by atoms with Crippen molar-refractivity contribution in [3.05, 3.63) is 40.6 Å². The summed E-state index contributed by atoms with van der Waals surface area (Å²) in [5.41, 5.74) is -0.219. The molecule has 106 valence electrons. The van der Waals surface area contributed by atoms with Crippen molar-refractivity contribution < 1.29 is 18.3 Å². The standard InChI is InChI=1S/C11H10BrN3O4S/c12-8-3-1-2-4-10(8)20(18,19)6-5-15-7-9(11(16)17)13-14-15/h1-4,7H,5-6H2,(H,16,17). The molecule has 0 unspecified atom stereocenters. The van der Waals surface area contributed by atoms with Gasteiger partial charge >= 0.3 is 5.97 Å². The van der Waals surface area contributed by atoms with Gasteiger partial charge in [-0.15, -0.1) is 5.10 Å². The molecule has 0 atom stereocenters. The number of hydrogen-bond acceptors (Lipinski definition) is 5. The van der Waals surface area contributed by atoms with Crippen molar-refractivity contribution in [3.8, 4) is 0 Å². The highest BCUT2D eigenvalue weighted by atomic mass is 79.9. The number of nitrogens with zero attached hydrogens (tertiary/aromatic N) is 3. The number of aromatic nitrogens is 3. The summed E-state index contributed by atoms with van der Waals surface area (Å²) in [5, 5.41) is 15.7. The molecule has 0 aliphatic rings. The molecule has 0 aliphatic carbocycles. The molecule has 0 spiro atoms. The van der Waals surface area contributed by atoms with E-state index in [-0.39, 0.29) is 22.9 Å². The van der Waals surface area contributed by atoms with E-state index in [0.29, 0.717) is 4.47 Å². The molecule has 2 aromatic rings. The highest BCUT2D eigenvalue weighted by Gasteiger charge is 2.18. The van der Waals surface area contributed by atoms with Gasteiger partial charge in [0.05, 0.1) is 23.4 Å². The molecule has 1 heterocycles. The molecule has 1 N–H and O–H groups in total. The lowest BCUT2D eigenvalue weighted by molar-refractivity contribution is 0.0690. The first-order valence-electron chi connectivity index (χ1n) is 5.51. The molecular weight excluding hydrogens is 350 g/mol. The van der Waals surface area contributed by atoms with Gasteiger partial charge in [-0.2, -0.15) is 0 Å². The Bertz CT molecular complexity index is 742. The minimum Gasteiger partial charge on any atom is -0.476 e. The predicted octanol–water partition coefficient (Wildman–Crippen LogP) is 1.21. The van der Waals surface area contributed by atoms with Gasteiger partial charge in [0.2, 0.25) is 0 Å². The van der Waals surface area contributed by atoms with Crippen LogP contribution in [0, 0.1) is 0 Å². The van der Waals surface area contributed by atoms with Crippen LogP contribution in [-0.2, 0) is 16.4 Å². The zero-order chi connectivity index (χ0) is 14.8. The molecule has 9 heteroatoms. The van der Waals surface area contributed by atoms with Gasteiger partial charge in [-0.05, 0) is 28.1 Å². The summed E-state index contributed by atoms with van der Waals surface area (Å²) < 4.78 is 26.0. The summed E-state index contributed by atoms with van der Waals surface area (Å²) in [6.07, 6.45) is 1.19. The van der Waals surface area contributed by atoms with Gasteiger partial charge in [-0.3, -0.25) is 4.68 Å². The normalized spacial score (nSPS) is 11.4. The van der Waals surface area contributed by atoms with Crippen LogP contribution in [0.4, 0.5) is 0 Å². The number of benzene rings is 1. The number of aromatic carboxylic acids is 1. The van der Waals surface area contributed by atoms with Crippen LogP contribution in [-0.4, -0.2) is 40.2 Å². The van der Waals surface area contributed by atoms with E-state index < -0.39 is 15.8 Å². The summed E-state index contributed by atoms with van der Waals surface area (Å²) in [6, 6.07) is 6.50. The van der Waals surface area contributed by atoms with Crippen LogP contribution in [0.5, 0.6) is 0 Å². The smallest absolute Gasteiger partial charge is 0.358 e. The SMILES string of the molecule is O=C(O)c1cn(CCS(=O)(=O)c2ccccc2Br)nn1. The highest BCUT2D eigenvalue weighted by Crippen LogP contribution is 2.22. The molecule has 7 nitrogen and oxygen atoms in total. The van der Waals surface area contributed by atoms with Crippen molar-refractivity contribution in [2.24, 2.45) is 0 Å². The Morgan fingerprint density at radius 1 is 1.35 bits per heavy atom. The molecule has 0 fully saturated rings. The van der Waals surface area contributed by atoms with Crippen molar-refractivity contribution in [1.82, 2.24) is 15.0 Å². The Labute approximate surface area is 123 Å². The van der Waals surface area contributed by atoms with E-state index in [9.17, 15) is 13.2 Å². The first-order valence-corrected chi connectivity index (χ1v) is 7.95. The van der Waals surface area contributed by atoms with Gasteiger partial charge in [0.1, 0.15) is 0 Å². The van der Waals surface area contributed by atoms with E-state index in [2.05, 4.69) is 26.2 Å². The van der Waals surface area contributed by atoms with Crippen molar-refractivity contribution >= 4 is 31.7 Å². The average Bonchev–Trinajstić information content (AvgIpc) is 2.86. The molecule has 1 aromatic carbocycles. The minimum atomic E-state index is -3.48. The molecule has 20 heavy (non-hydrogen) atoms. The van der Waals surface area contributed by atoms with Gasteiger partial charge in [-0.1, -0.05) is 17.3 Å². The predicted molar refractivity (Wildman–Crippen MR) is 73.2 cm³/mol. The van der Waals surface area contributed by atoms with E-state index in [1.807, 2.05) is 0 Å².